The lowest BCUT2D eigenvalue weighted by atomic mass is 9.92. The van der Waals surface area contributed by atoms with Crippen LogP contribution < -0.4 is 5.32 Å². The van der Waals surface area contributed by atoms with Crippen LogP contribution in [0.3, 0.4) is 0 Å². The van der Waals surface area contributed by atoms with Gasteiger partial charge in [-0.15, -0.1) is 0 Å². The molecule has 0 radical (unpaired) electrons. The summed E-state index contributed by atoms with van der Waals surface area (Å²) in [6, 6.07) is 0.592. The summed E-state index contributed by atoms with van der Waals surface area (Å²) in [4.78, 5) is 8.63. The third-order valence-electron chi connectivity index (χ3n) is 3.46. The molecule has 1 aliphatic carbocycles. The molecule has 1 saturated carbocycles. The van der Waals surface area contributed by atoms with Gasteiger partial charge in [0.15, 0.2) is 0 Å². The molecule has 17 heavy (non-hydrogen) atoms. The van der Waals surface area contributed by atoms with E-state index < -0.39 is 0 Å². The van der Waals surface area contributed by atoms with Gasteiger partial charge in [0.05, 0.1) is 17.5 Å². The van der Waals surface area contributed by atoms with E-state index in [1.165, 1.54) is 0 Å². The Balaban J connectivity index is 1.97. The summed E-state index contributed by atoms with van der Waals surface area (Å²) in [6.45, 7) is 4.09. The largest absolute Gasteiger partial charge is 0.393 e. The molecule has 3 unspecified atom stereocenters. The molecule has 0 aliphatic heterocycles. The van der Waals surface area contributed by atoms with E-state index in [0.29, 0.717) is 6.04 Å². The van der Waals surface area contributed by atoms with Crippen molar-refractivity contribution in [3.63, 3.8) is 0 Å². The quantitative estimate of drug-likeness (QED) is 0.838. The lowest BCUT2D eigenvalue weighted by molar-refractivity contribution is 0.109. The van der Waals surface area contributed by atoms with E-state index in [1.807, 2.05) is 6.92 Å². The highest BCUT2D eigenvalue weighted by molar-refractivity contribution is 5.12. The predicted octanol–water partition coefficient (Wildman–Crippen LogP) is 1.74. The first kappa shape index (κ1) is 12.5. The fourth-order valence-corrected chi connectivity index (χ4v) is 2.59. The maximum Gasteiger partial charge on any atom is 0.0782 e. The van der Waals surface area contributed by atoms with Crippen LogP contribution in [0.1, 0.15) is 50.0 Å². The van der Waals surface area contributed by atoms with Crippen molar-refractivity contribution in [1.29, 1.82) is 0 Å². The van der Waals surface area contributed by atoms with Gasteiger partial charge in [-0.3, -0.25) is 9.97 Å². The summed E-state index contributed by atoms with van der Waals surface area (Å²) in [6.07, 6.45) is 7.34. The lowest BCUT2D eigenvalue weighted by Gasteiger charge is -2.29. The normalized spacial score (nSPS) is 26.8. The van der Waals surface area contributed by atoms with Crippen LogP contribution >= 0.6 is 0 Å². The molecule has 0 aromatic carbocycles. The number of aliphatic hydroxyl groups excluding tert-OH is 1. The Morgan fingerprint density at radius 1 is 1.35 bits per heavy atom. The summed E-state index contributed by atoms with van der Waals surface area (Å²) in [7, 11) is 0. The molecule has 1 aromatic heterocycles. The number of nitrogens with one attached hydrogen (secondary N) is 1. The number of aromatic nitrogens is 2. The highest BCUT2D eigenvalue weighted by Crippen LogP contribution is 2.21. The molecule has 94 valence electrons. The number of aryl methyl sites for hydroxylation is 1. The van der Waals surface area contributed by atoms with Crippen molar-refractivity contribution in [3.05, 3.63) is 23.8 Å². The number of nitrogens with zero attached hydrogens (tertiary/aromatic N) is 2. The van der Waals surface area contributed by atoms with Gasteiger partial charge in [-0.25, -0.2) is 0 Å². The van der Waals surface area contributed by atoms with Gasteiger partial charge in [-0.2, -0.15) is 0 Å². The smallest absolute Gasteiger partial charge is 0.0782 e. The van der Waals surface area contributed by atoms with E-state index in [2.05, 4.69) is 22.2 Å². The Morgan fingerprint density at radius 2 is 2.12 bits per heavy atom. The van der Waals surface area contributed by atoms with Crippen molar-refractivity contribution in [3.8, 4) is 0 Å². The average Bonchev–Trinajstić information content (AvgIpc) is 2.29. The molecule has 3 atom stereocenters. The third-order valence-corrected chi connectivity index (χ3v) is 3.46. The molecule has 2 rings (SSSR count). The second-order valence-electron chi connectivity index (χ2n) is 4.93. The molecule has 1 aliphatic rings. The molecule has 0 amide bonds. The van der Waals surface area contributed by atoms with Crippen molar-refractivity contribution in [1.82, 2.24) is 15.3 Å². The first-order valence-corrected chi connectivity index (χ1v) is 6.38. The molecule has 1 heterocycles. The van der Waals surface area contributed by atoms with Crippen molar-refractivity contribution in [2.45, 2.75) is 57.7 Å². The van der Waals surface area contributed by atoms with Crippen molar-refractivity contribution >= 4 is 0 Å². The summed E-state index contributed by atoms with van der Waals surface area (Å²) in [5.74, 6) is 0. The Kier molecular flexibility index (Phi) is 4.07. The summed E-state index contributed by atoms with van der Waals surface area (Å²) < 4.78 is 0. The maximum absolute atomic E-state index is 9.65. The van der Waals surface area contributed by atoms with Gasteiger partial charge >= 0.3 is 0 Å². The van der Waals surface area contributed by atoms with E-state index in [1.54, 1.807) is 12.4 Å². The Labute approximate surface area is 102 Å². The monoisotopic (exact) mass is 235 g/mol. The molecular formula is C13H21N3O. The van der Waals surface area contributed by atoms with Crippen LogP contribution in [0, 0.1) is 6.92 Å². The van der Waals surface area contributed by atoms with Crippen LogP contribution in [0.15, 0.2) is 12.4 Å². The number of hydrogen-bond donors (Lipinski definition) is 2. The minimum Gasteiger partial charge on any atom is -0.393 e. The predicted molar refractivity (Wildman–Crippen MR) is 66.6 cm³/mol. The minimum absolute atomic E-state index is 0.142. The first-order valence-electron chi connectivity index (χ1n) is 6.38. The molecule has 4 heteroatoms. The standard InChI is InChI=1S/C13H21N3O/c1-9-13(15-7-6-14-9)10(2)16-11-4-3-5-12(17)8-11/h6-7,10-12,16-17H,3-5,8H2,1-2H3. The highest BCUT2D eigenvalue weighted by Gasteiger charge is 2.22. The molecule has 1 fully saturated rings. The number of rotatable bonds is 3. The van der Waals surface area contributed by atoms with Crippen molar-refractivity contribution in [2.24, 2.45) is 0 Å². The van der Waals surface area contributed by atoms with Crippen molar-refractivity contribution < 1.29 is 5.11 Å². The summed E-state index contributed by atoms with van der Waals surface area (Å²) in [5.41, 5.74) is 1.98. The maximum atomic E-state index is 9.65. The molecular weight excluding hydrogens is 214 g/mol. The second-order valence-corrected chi connectivity index (χ2v) is 4.93. The van der Waals surface area contributed by atoms with E-state index in [9.17, 15) is 5.11 Å². The van der Waals surface area contributed by atoms with E-state index in [4.69, 9.17) is 0 Å². The Hall–Kier alpha value is -1.00. The fraction of sp³-hybridized carbons (Fsp3) is 0.692. The van der Waals surface area contributed by atoms with Gasteiger partial charge in [-0.1, -0.05) is 0 Å². The second kappa shape index (κ2) is 5.56. The molecule has 1 aromatic rings. The van der Waals surface area contributed by atoms with Gasteiger partial charge in [0.2, 0.25) is 0 Å². The zero-order valence-corrected chi connectivity index (χ0v) is 10.6. The number of aliphatic hydroxyl groups is 1. The lowest BCUT2D eigenvalue weighted by Crippen LogP contribution is -2.37. The van der Waals surface area contributed by atoms with E-state index >= 15 is 0 Å². The van der Waals surface area contributed by atoms with Gasteiger partial charge in [0.1, 0.15) is 0 Å². The van der Waals surface area contributed by atoms with Gasteiger partial charge in [-0.05, 0) is 39.5 Å². The Bertz CT molecular complexity index is 369. The van der Waals surface area contributed by atoms with Crippen LogP contribution in [-0.4, -0.2) is 27.2 Å². The van der Waals surface area contributed by atoms with Crippen LogP contribution in [0.5, 0.6) is 0 Å². The first-order chi connectivity index (χ1) is 8.16. The van der Waals surface area contributed by atoms with Gasteiger partial charge in [0, 0.05) is 24.5 Å². The third kappa shape index (κ3) is 3.23. The van der Waals surface area contributed by atoms with Crippen molar-refractivity contribution in [2.75, 3.05) is 0 Å². The van der Waals surface area contributed by atoms with E-state index in [0.717, 1.165) is 37.1 Å². The molecule has 4 nitrogen and oxygen atoms in total. The van der Waals surface area contributed by atoms with Crippen LogP contribution in [0.25, 0.3) is 0 Å². The molecule has 0 saturated heterocycles. The zero-order chi connectivity index (χ0) is 12.3. The topological polar surface area (TPSA) is 58.0 Å². The van der Waals surface area contributed by atoms with E-state index in [-0.39, 0.29) is 12.1 Å². The minimum atomic E-state index is -0.142. The van der Waals surface area contributed by atoms with Crippen LogP contribution in [0.2, 0.25) is 0 Å². The molecule has 0 spiro atoms. The highest BCUT2D eigenvalue weighted by atomic mass is 16.3. The zero-order valence-electron chi connectivity index (χ0n) is 10.6. The van der Waals surface area contributed by atoms with Gasteiger partial charge in [0.25, 0.3) is 0 Å². The Morgan fingerprint density at radius 3 is 2.82 bits per heavy atom. The van der Waals surface area contributed by atoms with Crippen LogP contribution in [0.4, 0.5) is 0 Å². The summed E-state index contributed by atoms with van der Waals surface area (Å²) >= 11 is 0. The average molecular weight is 235 g/mol. The van der Waals surface area contributed by atoms with Gasteiger partial charge < -0.3 is 10.4 Å². The molecule has 2 N–H and O–H groups in total. The summed E-state index contributed by atoms with van der Waals surface area (Å²) in [5, 5.41) is 13.2. The fourth-order valence-electron chi connectivity index (χ4n) is 2.59. The number of hydrogen-bond acceptors (Lipinski definition) is 4. The SMILES string of the molecule is Cc1nccnc1C(C)NC1CCCC(O)C1. The molecule has 0 bridgehead atoms. The van der Waals surface area contributed by atoms with Crippen LogP contribution in [-0.2, 0) is 0 Å².